The van der Waals surface area contributed by atoms with Crippen LogP contribution in [0.25, 0.3) is 11.1 Å². The third kappa shape index (κ3) is 2.80. The molecule has 1 aliphatic rings. The van der Waals surface area contributed by atoms with E-state index in [1.807, 2.05) is 0 Å². The van der Waals surface area contributed by atoms with Gasteiger partial charge in [-0.15, -0.1) is 0 Å². The number of pyridine rings is 2. The van der Waals surface area contributed by atoms with Crippen LogP contribution in [-0.4, -0.2) is 9.97 Å². The molecule has 0 aromatic carbocycles. The van der Waals surface area contributed by atoms with Gasteiger partial charge < -0.3 is 10.7 Å². The zero-order valence-electron chi connectivity index (χ0n) is 14.3. The average Bonchev–Trinajstić information content (AvgIpc) is 2.53. The number of aryl methyl sites for hydroxylation is 1. The number of aromatic amines is 1. The smallest absolute Gasteiger partial charge is 0.247 e. The summed E-state index contributed by atoms with van der Waals surface area (Å²) in [5, 5.41) is 9.60. The molecule has 124 valence electrons. The lowest BCUT2D eigenvalue weighted by atomic mass is 9.70. The fraction of sp³-hybridized carbons (Fsp3) is 0.421. The number of fused-ring (bicyclic) bond motifs is 1. The summed E-state index contributed by atoms with van der Waals surface area (Å²) in [5.74, 6) is 0.787. The highest BCUT2D eigenvalue weighted by Gasteiger charge is 2.32. The maximum Gasteiger partial charge on any atom is 0.247 e. The summed E-state index contributed by atoms with van der Waals surface area (Å²) in [7, 11) is 0. The first-order valence-electron chi connectivity index (χ1n) is 8.21. The van der Waals surface area contributed by atoms with Crippen LogP contribution >= 0.6 is 0 Å². The van der Waals surface area contributed by atoms with Crippen molar-refractivity contribution in [1.29, 1.82) is 5.26 Å². The van der Waals surface area contributed by atoms with E-state index in [4.69, 9.17) is 5.73 Å². The maximum absolute atomic E-state index is 11.4. The van der Waals surface area contributed by atoms with Gasteiger partial charge in [0.05, 0.1) is 0 Å². The molecule has 1 unspecified atom stereocenters. The van der Waals surface area contributed by atoms with Gasteiger partial charge in [-0.1, -0.05) is 20.8 Å². The lowest BCUT2D eigenvalue weighted by Gasteiger charge is -2.35. The Morgan fingerprint density at radius 3 is 2.71 bits per heavy atom. The minimum absolute atomic E-state index is 0.166. The Morgan fingerprint density at radius 1 is 1.38 bits per heavy atom. The molecular weight excluding hydrogens is 300 g/mol. The number of nitrogens with zero attached hydrogens (tertiary/aromatic N) is 2. The van der Waals surface area contributed by atoms with Gasteiger partial charge in [0.25, 0.3) is 0 Å². The van der Waals surface area contributed by atoms with Gasteiger partial charge in [0.1, 0.15) is 17.5 Å². The first-order chi connectivity index (χ1) is 11.3. The standard InChI is InChI=1S/C19H22N4O/c1-19(2,3)12-5-6-15-13(8-12)17(14(9-20)18(21)23-15)11-4-7-16(24)22-10-11/h4,7,10,12H,5-6,8H2,1-3H3,(H2,21,23)(H,22,24). The van der Waals surface area contributed by atoms with E-state index >= 15 is 0 Å². The van der Waals surface area contributed by atoms with E-state index in [-0.39, 0.29) is 16.8 Å². The molecule has 2 aromatic heterocycles. The van der Waals surface area contributed by atoms with Gasteiger partial charge in [0, 0.05) is 23.5 Å². The van der Waals surface area contributed by atoms with Crippen LogP contribution in [0, 0.1) is 22.7 Å². The Balaban J connectivity index is 2.23. The molecule has 0 aliphatic heterocycles. The van der Waals surface area contributed by atoms with Gasteiger partial charge in [-0.2, -0.15) is 5.26 Å². The van der Waals surface area contributed by atoms with Crippen LogP contribution in [0.3, 0.4) is 0 Å². The summed E-state index contributed by atoms with van der Waals surface area (Å²) in [4.78, 5) is 18.6. The number of hydrogen-bond acceptors (Lipinski definition) is 4. The highest BCUT2D eigenvalue weighted by molar-refractivity contribution is 5.78. The van der Waals surface area contributed by atoms with Crippen molar-refractivity contribution in [2.45, 2.75) is 40.0 Å². The van der Waals surface area contributed by atoms with Crippen molar-refractivity contribution in [3.05, 3.63) is 45.5 Å². The third-order valence-electron chi connectivity index (χ3n) is 5.00. The van der Waals surface area contributed by atoms with E-state index in [0.29, 0.717) is 11.5 Å². The number of hydrogen-bond donors (Lipinski definition) is 2. The van der Waals surface area contributed by atoms with E-state index in [2.05, 4.69) is 36.8 Å². The molecule has 3 N–H and O–H groups in total. The quantitative estimate of drug-likeness (QED) is 0.843. The normalized spacial score (nSPS) is 17.2. The summed E-state index contributed by atoms with van der Waals surface area (Å²) in [6.07, 6.45) is 4.46. The van der Waals surface area contributed by atoms with Gasteiger partial charge in [-0.3, -0.25) is 4.79 Å². The zero-order chi connectivity index (χ0) is 17.5. The highest BCUT2D eigenvalue weighted by atomic mass is 16.1. The molecule has 0 amide bonds. The Kier molecular flexibility index (Phi) is 3.92. The van der Waals surface area contributed by atoms with E-state index < -0.39 is 0 Å². The second-order valence-corrected chi connectivity index (χ2v) is 7.53. The van der Waals surface area contributed by atoms with Crippen molar-refractivity contribution < 1.29 is 0 Å². The molecule has 0 fully saturated rings. The van der Waals surface area contributed by atoms with Gasteiger partial charge in [0.2, 0.25) is 5.56 Å². The third-order valence-corrected chi connectivity index (χ3v) is 5.00. The molecule has 5 heteroatoms. The lowest BCUT2D eigenvalue weighted by molar-refractivity contribution is 0.215. The van der Waals surface area contributed by atoms with Crippen LogP contribution in [-0.2, 0) is 12.8 Å². The van der Waals surface area contributed by atoms with Crippen LogP contribution in [0.5, 0.6) is 0 Å². The summed E-state index contributed by atoms with van der Waals surface area (Å²) in [6.45, 7) is 6.74. The molecule has 2 heterocycles. The van der Waals surface area contributed by atoms with Crippen molar-refractivity contribution >= 4 is 5.82 Å². The molecule has 5 nitrogen and oxygen atoms in total. The van der Waals surface area contributed by atoms with Gasteiger partial charge in [0.15, 0.2) is 0 Å². The second-order valence-electron chi connectivity index (χ2n) is 7.53. The van der Waals surface area contributed by atoms with E-state index in [1.54, 1.807) is 12.3 Å². The second kappa shape index (κ2) is 5.79. The van der Waals surface area contributed by atoms with Crippen LogP contribution in [0.1, 0.15) is 44.0 Å². The van der Waals surface area contributed by atoms with Gasteiger partial charge in [-0.05, 0) is 47.8 Å². The molecule has 0 spiro atoms. The lowest BCUT2D eigenvalue weighted by Crippen LogP contribution is -2.28. The first kappa shape index (κ1) is 16.3. The number of anilines is 1. The number of nitrogens with one attached hydrogen (secondary N) is 1. The van der Waals surface area contributed by atoms with E-state index in [0.717, 1.165) is 41.6 Å². The van der Waals surface area contributed by atoms with Crippen LogP contribution in [0.15, 0.2) is 23.1 Å². The summed E-state index contributed by atoms with van der Waals surface area (Å²) < 4.78 is 0. The minimum atomic E-state index is -0.166. The Bertz CT molecular complexity index is 863. The Morgan fingerprint density at radius 2 is 2.12 bits per heavy atom. The van der Waals surface area contributed by atoms with Crippen molar-refractivity contribution in [3.63, 3.8) is 0 Å². The molecule has 1 atom stereocenters. The highest BCUT2D eigenvalue weighted by Crippen LogP contribution is 2.42. The Hall–Kier alpha value is -2.61. The summed E-state index contributed by atoms with van der Waals surface area (Å²) in [5.41, 5.74) is 10.2. The fourth-order valence-electron chi connectivity index (χ4n) is 3.52. The number of nitrogen functional groups attached to an aromatic ring is 1. The molecule has 24 heavy (non-hydrogen) atoms. The fourth-order valence-corrected chi connectivity index (χ4v) is 3.52. The summed E-state index contributed by atoms with van der Waals surface area (Å²) >= 11 is 0. The van der Waals surface area contributed by atoms with Crippen molar-refractivity contribution in [2.75, 3.05) is 5.73 Å². The van der Waals surface area contributed by atoms with E-state index in [1.165, 1.54) is 6.07 Å². The molecule has 0 radical (unpaired) electrons. The molecule has 0 saturated carbocycles. The van der Waals surface area contributed by atoms with Gasteiger partial charge in [-0.25, -0.2) is 4.98 Å². The SMILES string of the molecule is CC(C)(C)C1CCc2nc(N)c(C#N)c(-c3ccc(=O)[nH]c3)c2C1. The number of nitriles is 1. The van der Waals surface area contributed by atoms with Crippen LogP contribution < -0.4 is 11.3 Å². The molecule has 0 bridgehead atoms. The number of aromatic nitrogens is 2. The summed E-state index contributed by atoms with van der Waals surface area (Å²) in [6, 6.07) is 5.42. The van der Waals surface area contributed by atoms with E-state index in [9.17, 15) is 10.1 Å². The van der Waals surface area contributed by atoms with Crippen molar-refractivity contribution in [2.24, 2.45) is 11.3 Å². The average molecular weight is 322 g/mol. The number of rotatable bonds is 1. The largest absolute Gasteiger partial charge is 0.383 e. The monoisotopic (exact) mass is 322 g/mol. The topological polar surface area (TPSA) is 95.6 Å². The van der Waals surface area contributed by atoms with Crippen molar-refractivity contribution in [1.82, 2.24) is 9.97 Å². The predicted molar refractivity (Wildman–Crippen MR) is 94.4 cm³/mol. The van der Waals surface area contributed by atoms with Crippen LogP contribution in [0.2, 0.25) is 0 Å². The first-order valence-corrected chi connectivity index (χ1v) is 8.21. The molecule has 3 rings (SSSR count). The maximum atomic E-state index is 11.4. The number of H-pyrrole nitrogens is 1. The Labute approximate surface area is 141 Å². The minimum Gasteiger partial charge on any atom is -0.383 e. The number of nitrogens with two attached hydrogens (primary N) is 1. The molecule has 0 saturated heterocycles. The molecule has 2 aromatic rings. The predicted octanol–water partition coefficient (Wildman–Crippen LogP) is 3.04. The van der Waals surface area contributed by atoms with Crippen molar-refractivity contribution in [3.8, 4) is 17.2 Å². The molecule has 1 aliphatic carbocycles. The molecular formula is C19H22N4O. The van der Waals surface area contributed by atoms with Gasteiger partial charge >= 0.3 is 0 Å². The zero-order valence-corrected chi connectivity index (χ0v) is 14.3. The van der Waals surface area contributed by atoms with Crippen LogP contribution in [0.4, 0.5) is 5.82 Å².